The van der Waals surface area contributed by atoms with Crippen LogP contribution in [-0.4, -0.2) is 0 Å². The Bertz CT molecular complexity index is 606. The van der Waals surface area contributed by atoms with E-state index in [1.54, 1.807) is 36.4 Å². The van der Waals surface area contributed by atoms with Gasteiger partial charge in [0.25, 0.3) is 0 Å². The topological polar surface area (TPSA) is 52.0 Å². The molecule has 22 heavy (non-hydrogen) atoms. The second-order valence-electron chi connectivity index (χ2n) is 4.25. The molecule has 0 bridgehead atoms. The smallest absolute Gasteiger partial charge is 0.127 e. The zero-order valence-corrected chi connectivity index (χ0v) is 13.6. The molecule has 0 unspecified atom stereocenters. The molecule has 6 heteroatoms. The molecule has 4 N–H and O–H groups in total. The highest BCUT2D eigenvalue weighted by atomic mass is 32.2. The van der Waals surface area contributed by atoms with E-state index in [1.807, 2.05) is 0 Å². The van der Waals surface area contributed by atoms with Crippen LogP contribution in [0.5, 0.6) is 0 Å². The maximum Gasteiger partial charge on any atom is 0.127 e. The van der Waals surface area contributed by atoms with E-state index in [0.29, 0.717) is 27.7 Å². The second kappa shape index (κ2) is 10.3. The first-order valence-electron chi connectivity index (χ1n) is 6.40. The van der Waals surface area contributed by atoms with Crippen molar-refractivity contribution in [3.05, 3.63) is 82.9 Å². The number of rotatable bonds is 5. The lowest BCUT2D eigenvalue weighted by Gasteiger charge is -2.01. The van der Waals surface area contributed by atoms with Gasteiger partial charge < -0.3 is 5.73 Å². The number of hydrogen-bond acceptors (Lipinski definition) is 4. The molecule has 2 aromatic carbocycles. The van der Waals surface area contributed by atoms with E-state index >= 15 is 0 Å². The summed E-state index contributed by atoms with van der Waals surface area (Å²) >= 11 is 2.47. The summed E-state index contributed by atoms with van der Waals surface area (Å²) in [5, 5.41) is 5.69. The monoisotopic (exact) mass is 340 g/mol. The maximum absolute atomic E-state index is 13.0. The molecule has 0 saturated heterocycles. The van der Waals surface area contributed by atoms with Crippen molar-refractivity contribution in [1.29, 1.82) is 0 Å². The molecule has 0 heterocycles. The minimum atomic E-state index is -0.189. The van der Waals surface area contributed by atoms with Crippen LogP contribution in [0, 0.1) is 11.6 Å². The van der Waals surface area contributed by atoms with Crippen LogP contribution in [0.15, 0.2) is 60.1 Å². The summed E-state index contributed by atoms with van der Waals surface area (Å²) in [6, 6.07) is 13.3. The number of nitrogens with two attached hydrogens (primary N) is 2. The number of halogens is 2. The van der Waals surface area contributed by atoms with Gasteiger partial charge in [0.2, 0.25) is 0 Å². The Morgan fingerprint density at radius 3 is 1.77 bits per heavy atom. The van der Waals surface area contributed by atoms with Crippen LogP contribution < -0.4 is 10.9 Å². The van der Waals surface area contributed by atoms with Crippen molar-refractivity contribution < 1.29 is 8.78 Å². The molecule has 2 rings (SSSR count). The summed E-state index contributed by atoms with van der Waals surface area (Å²) in [6.07, 6.45) is 0. The Kier molecular flexibility index (Phi) is 8.65. The van der Waals surface area contributed by atoms with E-state index in [-0.39, 0.29) is 11.6 Å². The van der Waals surface area contributed by atoms with Gasteiger partial charge in [-0.05, 0) is 23.3 Å². The van der Waals surface area contributed by atoms with Crippen molar-refractivity contribution in [3.8, 4) is 0 Å². The van der Waals surface area contributed by atoms with Crippen molar-refractivity contribution in [2.75, 3.05) is 0 Å². The zero-order valence-electron chi connectivity index (χ0n) is 12.0. The third-order valence-electron chi connectivity index (χ3n) is 2.57. The van der Waals surface area contributed by atoms with Gasteiger partial charge in [0.05, 0.1) is 5.03 Å². The van der Waals surface area contributed by atoms with Crippen LogP contribution >= 0.6 is 23.7 Å². The van der Waals surface area contributed by atoms with Gasteiger partial charge in [-0.15, -0.1) is 11.8 Å². The largest absolute Gasteiger partial charge is 0.394 e. The fraction of sp³-hybridized carbons (Fsp3) is 0.125. The lowest BCUT2D eigenvalue weighted by Crippen LogP contribution is -1.92. The highest BCUT2D eigenvalue weighted by Gasteiger charge is 2.00. The van der Waals surface area contributed by atoms with Crippen molar-refractivity contribution in [2.24, 2.45) is 10.9 Å². The van der Waals surface area contributed by atoms with Crippen LogP contribution in [0.25, 0.3) is 0 Å². The second-order valence-corrected chi connectivity index (χ2v) is 5.97. The van der Waals surface area contributed by atoms with Gasteiger partial charge in [-0.1, -0.05) is 54.9 Å². The minimum absolute atomic E-state index is 0.180. The third kappa shape index (κ3) is 6.98. The van der Waals surface area contributed by atoms with Crippen LogP contribution in [0.1, 0.15) is 11.1 Å². The normalized spacial score (nSPS) is 9.77. The van der Waals surface area contributed by atoms with Gasteiger partial charge in [-0.3, -0.25) is 5.14 Å². The summed E-state index contributed by atoms with van der Waals surface area (Å²) in [5.74, 6) is 0.709. The van der Waals surface area contributed by atoms with Gasteiger partial charge in [0, 0.05) is 11.5 Å². The highest BCUT2D eigenvalue weighted by molar-refractivity contribution is 8.02. The Labute approximate surface area is 138 Å². The molecule has 2 aromatic rings. The fourth-order valence-corrected chi connectivity index (χ4v) is 2.48. The zero-order chi connectivity index (χ0) is 16.4. The maximum atomic E-state index is 13.0. The molecule has 0 fully saturated rings. The average molecular weight is 340 g/mol. The van der Waals surface area contributed by atoms with E-state index in [2.05, 4.69) is 6.58 Å². The van der Waals surface area contributed by atoms with Gasteiger partial charge in [-0.25, -0.2) is 8.78 Å². The van der Waals surface area contributed by atoms with Gasteiger partial charge in [-0.2, -0.15) is 0 Å². The molecular formula is C16H18F2N2S2. The predicted octanol–water partition coefficient (Wildman–Crippen LogP) is 4.42. The van der Waals surface area contributed by atoms with Gasteiger partial charge >= 0.3 is 0 Å². The summed E-state index contributed by atoms with van der Waals surface area (Å²) in [7, 11) is 0. The number of thioether (sulfide) groups is 1. The molecule has 0 aromatic heterocycles. The fourth-order valence-electron chi connectivity index (χ4n) is 1.49. The number of hydrogen-bond donors (Lipinski definition) is 2. The Morgan fingerprint density at radius 1 is 0.909 bits per heavy atom. The average Bonchev–Trinajstić information content (AvgIpc) is 2.50. The molecule has 0 aliphatic rings. The minimum Gasteiger partial charge on any atom is -0.394 e. The number of benzene rings is 2. The van der Waals surface area contributed by atoms with Crippen LogP contribution in [0.3, 0.4) is 0 Å². The summed E-state index contributed by atoms with van der Waals surface area (Å²) in [6.45, 7) is 3.52. The van der Waals surface area contributed by atoms with Crippen LogP contribution in [0.2, 0.25) is 0 Å². The predicted molar refractivity (Wildman–Crippen MR) is 92.9 cm³/mol. The molecule has 0 spiro atoms. The molecule has 118 valence electrons. The Morgan fingerprint density at radius 2 is 1.36 bits per heavy atom. The molecule has 0 aliphatic carbocycles. The first-order chi connectivity index (χ1) is 10.5. The van der Waals surface area contributed by atoms with Crippen molar-refractivity contribution >= 4 is 23.7 Å². The summed E-state index contributed by atoms with van der Waals surface area (Å²) in [5.41, 5.74) is 6.66. The Balaban J connectivity index is 0.000000224. The highest BCUT2D eigenvalue weighted by Crippen LogP contribution is 2.17. The molecule has 0 radical (unpaired) electrons. The molecule has 0 atom stereocenters. The van der Waals surface area contributed by atoms with E-state index in [0.717, 1.165) is 11.9 Å². The lowest BCUT2D eigenvalue weighted by atomic mass is 10.2. The van der Waals surface area contributed by atoms with E-state index in [1.165, 1.54) is 23.9 Å². The van der Waals surface area contributed by atoms with Gasteiger partial charge in [0.15, 0.2) is 0 Å². The van der Waals surface area contributed by atoms with Crippen LogP contribution in [0.4, 0.5) is 8.78 Å². The SMILES string of the molecule is C=C(N)SCc1ccccc1F.NSCc1ccccc1F. The molecule has 0 saturated carbocycles. The molecular weight excluding hydrogens is 322 g/mol. The van der Waals surface area contributed by atoms with E-state index in [9.17, 15) is 8.78 Å². The first-order valence-corrected chi connectivity index (χ1v) is 8.43. The molecule has 0 aliphatic heterocycles. The van der Waals surface area contributed by atoms with Crippen molar-refractivity contribution in [1.82, 2.24) is 0 Å². The van der Waals surface area contributed by atoms with E-state index in [4.69, 9.17) is 10.9 Å². The third-order valence-corrected chi connectivity index (χ3v) is 3.87. The Hall–Kier alpha value is -1.50. The molecule has 2 nitrogen and oxygen atoms in total. The first kappa shape index (κ1) is 18.5. The summed E-state index contributed by atoms with van der Waals surface area (Å²) < 4.78 is 25.7. The lowest BCUT2D eigenvalue weighted by molar-refractivity contribution is 0.617. The van der Waals surface area contributed by atoms with Crippen LogP contribution in [-0.2, 0) is 11.5 Å². The van der Waals surface area contributed by atoms with Crippen molar-refractivity contribution in [2.45, 2.75) is 11.5 Å². The van der Waals surface area contributed by atoms with Gasteiger partial charge in [0.1, 0.15) is 11.6 Å². The molecule has 0 amide bonds. The standard InChI is InChI=1S/C9H10FNS.C7H8FNS/c1-7(11)12-6-8-4-2-3-5-9(8)10;8-7-4-2-1-3-6(7)5-10-9/h2-5H,1,6,11H2;1-4H,5,9H2. The van der Waals surface area contributed by atoms with E-state index < -0.39 is 0 Å². The summed E-state index contributed by atoms with van der Waals surface area (Å²) in [4.78, 5) is 0. The van der Waals surface area contributed by atoms with Crippen molar-refractivity contribution in [3.63, 3.8) is 0 Å². The quantitative estimate of drug-likeness (QED) is 0.791.